The lowest BCUT2D eigenvalue weighted by Gasteiger charge is -2.35. The number of carbonyl (C=O) groups excluding carboxylic acids is 2. The summed E-state index contributed by atoms with van der Waals surface area (Å²) in [5, 5.41) is 6.02. The molecule has 28 heavy (non-hydrogen) atoms. The standard InChI is InChI=1S/C20H28N4O4/c1-12-8-16(13(2)28-12)20(26)24-17-9-14(4-5-18(17)27-3)19(25)22-7-6-15-10-21-11-23-15/h8,10-11,14,17-18H,4-7,9H2,1-3H3,(H,21,23)(H,22,25)(H,24,26)/t14-,17+,18+/m0/s1. The van der Waals surface area contributed by atoms with Crippen molar-refractivity contribution < 1.29 is 18.7 Å². The van der Waals surface area contributed by atoms with E-state index in [1.165, 1.54) is 0 Å². The fourth-order valence-electron chi connectivity index (χ4n) is 3.80. The molecule has 1 aliphatic carbocycles. The van der Waals surface area contributed by atoms with E-state index in [-0.39, 0.29) is 29.9 Å². The molecule has 0 unspecified atom stereocenters. The number of hydrogen-bond donors (Lipinski definition) is 3. The largest absolute Gasteiger partial charge is 0.466 e. The Kier molecular flexibility index (Phi) is 6.51. The molecule has 2 heterocycles. The molecule has 3 N–H and O–H groups in total. The number of aromatic nitrogens is 2. The van der Waals surface area contributed by atoms with Gasteiger partial charge in [-0.3, -0.25) is 9.59 Å². The van der Waals surface area contributed by atoms with Crippen molar-refractivity contribution in [3.63, 3.8) is 0 Å². The van der Waals surface area contributed by atoms with Crippen molar-refractivity contribution in [3.05, 3.63) is 41.4 Å². The van der Waals surface area contributed by atoms with E-state index < -0.39 is 0 Å². The topological polar surface area (TPSA) is 109 Å². The van der Waals surface area contributed by atoms with E-state index in [2.05, 4.69) is 20.6 Å². The van der Waals surface area contributed by atoms with Crippen LogP contribution in [0.1, 0.15) is 46.8 Å². The summed E-state index contributed by atoms with van der Waals surface area (Å²) in [6.07, 6.45) is 6.00. The molecule has 3 atom stereocenters. The Balaban J connectivity index is 1.56. The number of furan rings is 1. The number of ether oxygens (including phenoxy) is 1. The molecule has 152 valence electrons. The average Bonchev–Trinajstić information content (AvgIpc) is 3.30. The molecule has 3 rings (SSSR count). The van der Waals surface area contributed by atoms with Crippen LogP contribution < -0.4 is 10.6 Å². The van der Waals surface area contributed by atoms with Gasteiger partial charge in [0.15, 0.2) is 0 Å². The Bertz CT molecular complexity index is 799. The van der Waals surface area contributed by atoms with E-state index in [0.717, 1.165) is 18.5 Å². The first-order valence-electron chi connectivity index (χ1n) is 9.63. The molecule has 2 aromatic rings. The van der Waals surface area contributed by atoms with Crippen LogP contribution in [-0.4, -0.2) is 47.6 Å². The number of methoxy groups -OCH3 is 1. The number of amides is 2. The third-order valence-electron chi connectivity index (χ3n) is 5.31. The van der Waals surface area contributed by atoms with E-state index in [4.69, 9.17) is 9.15 Å². The Morgan fingerprint density at radius 2 is 2.18 bits per heavy atom. The smallest absolute Gasteiger partial charge is 0.255 e. The van der Waals surface area contributed by atoms with Gasteiger partial charge in [0, 0.05) is 37.9 Å². The van der Waals surface area contributed by atoms with Crippen LogP contribution in [0.25, 0.3) is 0 Å². The van der Waals surface area contributed by atoms with Crippen molar-refractivity contribution in [2.75, 3.05) is 13.7 Å². The molecule has 1 saturated carbocycles. The lowest BCUT2D eigenvalue weighted by Crippen LogP contribution is -2.50. The molecule has 0 spiro atoms. The highest BCUT2D eigenvalue weighted by molar-refractivity contribution is 5.95. The number of hydrogen-bond acceptors (Lipinski definition) is 5. The minimum atomic E-state index is -0.218. The molecule has 0 saturated heterocycles. The zero-order valence-electron chi connectivity index (χ0n) is 16.6. The SMILES string of the molecule is CO[C@@H]1CC[C@H](C(=O)NCCc2cnc[nH]2)C[C@H]1NC(=O)c1cc(C)oc1C. The molecule has 1 aliphatic rings. The molecule has 2 aromatic heterocycles. The molecule has 0 bridgehead atoms. The predicted molar refractivity (Wildman–Crippen MR) is 103 cm³/mol. The molecule has 1 fully saturated rings. The van der Waals surface area contributed by atoms with Gasteiger partial charge < -0.3 is 24.8 Å². The first-order valence-corrected chi connectivity index (χ1v) is 9.63. The Hall–Kier alpha value is -2.61. The second-order valence-corrected chi connectivity index (χ2v) is 7.31. The zero-order chi connectivity index (χ0) is 20.1. The highest BCUT2D eigenvalue weighted by Gasteiger charge is 2.35. The number of rotatable bonds is 7. The van der Waals surface area contributed by atoms with Gasteiger partial charge in [0.2, 0.25) is 5.91 Å². The van der Waals surface area contributed by atoms with Gasteiger partial charge in [-0.2, -0.15) is 0 Å². The molecule has 8 heteroatoms. The number of imidazole rings is 1. The summed E-state index contributed by atoms with van der Waals surface area (Å²) in [6.45, 7) is 4.13. The van der Waals surface area contributed by atoms with E-state index in [9.17, 15) is 9.59 Å². The van der Waals surface area contributed by atoms with E-state index in [1.807, 2.05) is 6.92 Å². The van der Waals surface area contributed by atoms with Crippen LogP contribution in [0, 0.1) is 19.8 Å². The van der Waals surface area contributed by atoms with Gasteiger partial charge in [0.25, 0.3) is 5.91 Å². The monoisotopic (exact) mass is 388 g/mol. The van der Waals surface area contributed by atoms with Gasteiger partial charge in [0.1, 0.15) is 11.5 Å². The summed E-state index contributed by atoms with van der Waals surface area (Å²) < 4.78 is 11.0. The van der Waals surface area contributed by atoms with Gasteiger partial charge in [-0.15, -0.1) is 0 Å². The second-order valence-electron chi connectivity index (χ2n) is 7.31. The minimum absolute atomic E-state index is 0.0173. The second kappa shape index (κ2) is 9.05. The zero-order valence-corrected chi connectivity index (χ0v) is 16.6. The Morgan fingerprint density at radius 3 is 2.82 bits per heavy atom. The summed E-state index contributed by atoms with van der Waals surface area (Å²) >= 11 is 0. The van der Waals surface area contributed by atoms with Crippen LogP contribution in [0.2, 0.25) is 0 Å². The van der Waals surface area contributed by atoms with Crippen molar-refractivity contribution in [1.82, 2.24) is 20.6 Å². The lowest BCUT2D eigenvalue weighted by molar-refractivity contribution is -0.127. The number of nitrogens with one attached hydrogen (secondary N) is 3. The van der Waals surface area contributed by atoms with Crippen molar-refractivity contribution in [3.8, 4) is 0 Å². The summed E-state index contributed by atoms with van der Waals surface area (Å²) in [5.41, 5.74) is 1.51. The highest BCUT2D eigenvalue weighted by Crippen LogP contribution is 2.27. The predicted octanol–water partition coefficient (Wildman–Crippen LogP) is 1.89. The molecule has 8 nitrogen and oxygen atoms in total. The molecule has 2 amide bonds. The van der Waals surface area contributed by atoms with Crippen molar-refractivity contribution >= 4 is 11.8 Å². The lowest BCUT2D eigenvalue weighted by atomic mass is 9.83. The van der Waals surface area contributed by atoms with Gasteiger partial charge >= 0.3 is 0 Å². The van der Waals surface area contributed by atoms with Crippen LogP contribution in [0.3, 0.4) is 0 Å². The Labute approximate surface area is 164 Å². The summed E-state index contributed by atoms with van der Waals surface area (Å²) in [5.74, 6) is 0.966. The maximum Gasteiger partial charge on any atom is 0.255 e. The van der Waals surface area contributed by atoms with E-state index in [0.29, 0.717) is 36.5 Å². The first-order chi connectivity index (χ1) is 13.5. The molecule has 0 aromatic carbocycles. The highest BCUT2D eigenvalue weighted by atomic mass is 16.5. The fourth-order valence-corrected chi connectivity index (χ4v) is 3.80. The van der Waals surface area contributed by atoms with Crippen molar-refractivity contribution in [2.24, 2.45) is 5.92 Å². The van der Waals surface area contributed by atoms with Gasteiger partial charge in [-0.05, 0) is 39.2 Å². The number of aromatic amines is 1. The average molecular weight is 388 g/mol. The number of carbonyl (C=O) groups is 2. The summed E-state index contributed by atoms with van der Waals surface area (Å²) in [6, 6.07) is 1.51. The maximum absolute atomic E-state index is 12.7. The molecule has 0 aliphatic heterocycles. The normalized spacial score (nSPS) is 22.0. The summed E-state index contributed by atoms with van der Waals surface area (Å²) in [7, 11) is 1.64. The van der Waals surface area contributed by atoms with Crippen LogP contribution in [0.15, 0.2) is 23.0 Å². The minimum Gasteiger partial charge on any atom is -0.466 e. The number of nitrogens with zero attached hydrogens (tertiary/aromatic N) is 1. The van der Waals surface area contributed by atoms with Crippen LogP contribution >= 0.6 is 0 Å². The van der Waals surface area contributed by atoms with Gasteiger partial charge in [-0.25, -0.2) is 4.98 Å². The van der Waals surface area contributed by atoms with Crippen LogP contribution in [-0.2, 0) is 16.0 Å². The van der Waals surface area contributed by atoms with Gasteiger partial charge in [-0.1, -0.05) is 0 Å². The number of aryl methyl sites for hydroxylation is 2. The third-order valence-corrected chi connectivity index (χ3v) is 5.31. The quantitative estimate of drug-likeness (QED) is 0.671. The fraction of sp³-hybridized carbons (Fsp3) is 0.550. The molecular formula is C20H28N4O4. The van der Waals surface area contributed by atoms with Gasteiger partial charge in [0.05, 0.1) is 24.0 Å². The number of H-pyrrole nitrogens is 1. The van der Waals surface area contributed by atoms with Crippen molar-refractivity contribution in [1.29, 1.82) is 0 Å². The summed E-state index contributed by atoms with van der Waals surface area (Å²) in [4.78, 5) is 32.2. The molecule has 0 radical (unpaired) electrons. The maximum atomic E-state index is 12.7. The molecular weight excluding hydrogens is 360 g/mol. The first kappa shape index (κ1) is 20.1. The van der Waals surface area contributed by atoms with Crippen LogP contribution in [0.4, 0.5) is 0 Å². The van der Waals surface area contributed by atoms with Crippen molar-refractivity contribution in [2.45, 2.75) is 51.7 Å². The van der Waals surface area contributed by atoms with Crippen LogP contribution in [0.5, 0.6) is 0 Å². The van der Waals surface area contributed by atoms with E-state index >= 15 is 0 Å². The van der Waals surface area contributed by atoms with E-state index in [1.54, 1.807) is 32.6 Å². The Morgan fingerprint density at radius 1 is 1.36 bits per heavy atom. The third kappa shape index (κ3) is 4.81.